The van der Waals surface area contributed by atoms with Gasteiger partial charge in [-0.25, -0.2) is 0 Å². The van der Waals surface area contributed by atoms with E-state index in [-0.39, 0.29) is 11.6 Å². The molecule has 126 valence electrons. The molecule has 24 heavy (non-hydrogen) atoms. The molecule has 0 unspecified atom stereocenters. The summed E-state index contributed by atoms with van der Waals surface area (Å²) in [6, 6.07) is 12.5. The summed E-state index contributed by atoms with van der Waals surface area (Å²) >= 11 is 0. The van der Waals surface area contributed by atoms with Gasteiger partial charge in [0.2, 0.25) is 0 Å². The molecule has 0 aliphatic carbocycles. The summed E-state index contributed by atoms with van der Waals surface area (Å²) < 4.78 is 0. The third-order valence-electron chi connectivity index (χ3n) is 3.87. The van der Waals surface area contributed by atoms with Crippen LogP contribution in [0.2, 0.25) is 0 Å². The Morgan fingerprint density at radius 1 is 1.08 bits per heavy atom. The first-order valence-electron chi connectivity index (χ1n) is 7.56. The van der Waals surface area contributed by atoms with Gasteiger partial charge in [-0.1, -0.05) is 18.2 Å². The van der Waals surface area contributed by atoms with Gasteiger partial charge in [-0.3, -0.25) is 14.9 Å². The molecule has 6 heteroatoms. The Morgan fingerprint density at radius 2 is 1.71 bits per heavy atom. The Kier molecular flexibility index (Phi) is 5.18. The molecule has 2 rings (SSSR count). The van der Waals surface area contributed by atoms with Gasteiger partial charge in [0.15, 0.2) is 0 Å². The van der Waals surface area contributed by atoms with Crippen molar-refractivity contribution >= 4 is 17.3 Å². The van der Waals surface area contributed by atoms with E-state index in [0.29, 0.717) is 17.7 Å². The summed E-state index contributed by atoms with van der Waals surface area (Å²) in [6.45, 7) is 2.09. The van der Waals surface area contributed by atoms with Crippen LogP contribution in [0.25, 0.3) is 0 Å². The van der Waals surface area contributed by atoms with Gasteiger partial charge in [-0.2, -0.15) is 0 Å². The second kappa shape index (κ2) is 7.12. The number of nitrogens with zero attached hydrogens (tertiary/aromatic N) is 3. The highest BCUT2D eigenvalue weighted by molar-refractivity contribution is 5.94. The summed E-state index contributed by atoms with van der Waals surface area (Å²) in [4.78, 5) is 26.6. The average molecular weight is 327 g/mol. The van der Waals surface area contributed by atoms with Crippen molar-refractivity contribution in [3.63, 3.8) is 0 Å². The zero-order valence-corrected chi connectivity index (χ0v) is 14.3. The quantitative estimate of drug-likeness (QED) is 0.624. The third-order valence-corrected chi connectivity index (χ3v) is 3.87. The normalized spacial score (nSPS) is 10.3. The molecule has 0 aliphatic heterocycles. The number of carbonyl (C=O) groups excluding carboxylic acids is 1. The lowest BCUT2D eigenvalue weighted by atomic mass is 10.1. The molecule has 0 atom stereocenters. The molecule has 0 N–H and O–H groups in total. The first-order chi connectivity index (χ1) is 11.3. The summed E-state index contributed by atoms with van der Waals surface area (Å²) in [5.74, 6) is -0.241. The van der Waals surface area contributed by atoms with Crippen molar-refractivity contribution in [2.75, 3.05) is 26.0 Å². The topological polar surface area (TPSA) is 66.7 Å². The number of hydrogen-bond acceptors (Lipinski definition) is 4. The number of hydrogen-bond donors (Lipinski definition) is 0. The predicted octanol–water partition coefficient (Wildman–Crippen LogP) is 3.24. The van der Waals surface area contributed by atoms with Crippen LogP contribution in [0.3, 0.4) is 0 Å². The summed E-state index contributed by atoms with van der Waals surface area (Å²) in [5, 5.41) is 11.0. The van der Waals surface area contributed by atoms with Crippen LogP contribution in [0, 0.1) is 17.0 Å². The molecule has 0 saturated heterocycles. The Labute approximate surface area is 141 Å². The number of nitro benzene ring substituents is 1. The lowest BCUT2D eigenvalue weighted by molar-refractivity contribution is -0.385. The maximum Gasteiger partial charge on any atom is 0.273 e. The molecule has 0 spiro atoms. The molecule has 0 saturated carbocycles. The molecule has 0 bridgehead atoms. The highest BCUT2D eigenvalue weighted by atomic mass is 16.6. The standard InChI is InChI=1S/C18H21N3O3/c1-13-5-8-15(11-17(13)21(23)24)18(22)20(4)12-14-6-9-16(10-7-14)19(2)3/h5-11H,12H2,1-4H3. The van der Waals surface area contributed by atoms with Gasteiger partial charge in [0.25, 0.3) is 11.6 Å². The third kappa shape index (κ3) is 3.90. The van der Waals surface area contributed by atoms with Crippen LogP contribution in [0.15, 0.2) is 42.5 Å². The number of carbonyl (C=O) groups is 1. The molecule has 2 aromatic rings. The van der Waals surface area contributed by atoms with E-state index in [1.54, 1.807) is 31.0 Å². The maximum absolute atomic E-state index is 12.5. The summed E-state index contributed by atoms with van der Waals surface area (Å²) in [5.41, 5.74) is 2.91. The molecule has 6 nitrogen and oxygen atoms in total. The van der Waals surface area contributed by atoms with E-state index in [4.69, 9.17) is 0 Å². The minimum Gasteiger partial charge on any atom is -0.378 e. The average Bonchev–Trinajstić information content (AvgIpc) is 2.54. The fraction of sp³-hybridized carbons (Fsp3) is 0.278. The van der Waals surface area contributed by atoms with Gasteiger partial charge in [0, 0.05) is 50.6 Å². The lowest BCUT2D eigenvalue weighted by Gasteiger charge is -2.18. The zero-order chi connectivity index (χ0) is 17.9. The van der Waals surface area contributed by atoms with E-state index in [0.717, 1.165) is 11.3 Å². The minimum absolute atomic E-state index is 0.0374. The van der Waals surface area contributed by atoms with Crippen molar-refractivity contribution in [3.8, 4) is 0 Å². The Morgan fingerprint density at radius 3 is 2.25 bits per heavy atom. The van der Waals surface area contributed by atoms with Gasteiger partial charge in [0.05, 0.1) is 4.92 Å². The highest BCUT2D eigenvalue weighted by Crippen LogP contribution is 2.21. The molecule has 0 radical (unpaired) electrons. The SMILES string of the molecule is Cc1ccc(C(=O)N(C)Cc2ccc(N(C)C)cc2)cc1[N+](=O)[O-]. The van der Waals surface area contributed by atoms with Gasteiger partial charge in [0.1, 0.15) is 0 Å². The van der Waals surface area contributed by atoms with Gasteiger partial charge in [-0.05, 0) is 30.7 Å². The number of amides is 1. The lowest BCUT2D eigenvalue weighted by Crippen LogP contribution is -2.26. The molecular weight excluding hydrogens is 306 g/mol. The molecule has 0 fully saturated rings. The van der Waals surface area contributed by atoms with Crippen molar-refractivity contribution < 1.29 is 9.72 Å². The minimum atomic E-state index is -0.466. The first-order valence-corrected chi connectivity index (χ1v) is 7.56. The molecule has 0 heterocycles. The van der Waals surface area contributed by atoms with Crippen molar-refractivity contribution in [1.82, 2.24) is 4.90 Å². The van der Waals surface area contributed by atoms with E-state index in [2.05, 4.69) is 0 Å². The largest absolute Gasteiger partial charge is 0.378 e. The fourth-order valence-corrected chi connectivity index (χ4v) is 2.40. The van der Waals surface area contributed by atoms with E-state index in [1.807, 2.05) is 43.3 Å². The van der Waals surface area contributed by atoms with Crippen LogP contribution < -0.4 is 4.90 Å². The van der Waals surface area contributed by atoms with Gasteiger partial charge in [-0.15, -0.1) is 0 Å². The molecule has 0 aromatic heterocycles. The van der Waals surface area contributed by atoms with Crippen LogP contribution >= 0.6 is 0 Å². The summed E-state index contributed by atoms with van der Waals surface area (Å²) in [7, 11) is 5.62. The van der Waals surface area contributed by atoms with Gasteiger partial charge >= 0.3 is 0 Å². The smallest absolute Gasteiger partial charge is 0.273 e. The molecule has 0 aliphatic rings. The molecule has 1 amide bonds. The number of nitro groups is 1. The van der Waals surface area contributed by atoms with E-state index in [1.165, 1.54) is 6.07 Å². The van der Waals surface area contributed by atoms with Crippen LogP contribution in [0.1, 0.15) is 21.5 Å². The fourth-order valence-electron chi connectivity index (χ4n) is 2.40. The number of aryl methyl sites for hydroxylation is 1. The van der Waals surface area contributed by atoms with Crippen molar-refractivity contribution in [2.45, 2.75) is 13.5 Å². The Balaban J connectivity index is 2.14. The van der Waals surface area contributed by atoms with Crippen molar-refractivity contribution in [1.29, 1.82) is 0 Å². The number of benzene rings is 2. The molecular formula is C18H21N3O3. The Bertz CT molecular complexity index is 755. The summed E-state index contributed by atoms with van der Waals surface area (Å²) in [6.07, 6.45) is 0. The van der Waals surface area contributed by atoms with Gasteiger partial charge < -0.3 is 9.80 Å². The monoisotopic (exact) mass is 327 g/mol. The van der Waals surface area contributed by atoms with Crippen molar-refractivity contribution in [2.24, 2.45) is 0 Å². The van der Waals surface area contributed by atoms with E-state index >= 15 is 0 Å². The predicted molar refractivity (Wildman–Crippen MR) is 94.4 cm³/mol. The zero-order valence-electron chi connectivity index (χ0n) is 14.3. The highest BCUT2D eigenvalue weighted by Gasteiger charge is 2.17. The maximum atomic E-state index is 12.5. The van der Waals surface area contributed by atoms with Crippen molar-refractivity contribution in [3.05, 3.63) is 69.3 Å². The van der Waals surface area contributed by atoms with Crippen LogP contribution in [0.5, 0.6) is 0 Å². The van der Waals surface area contributed by atoms with E-state index in [9.17, 15) is 14.9 Å². The van der Waals surface area contributed by atoms with Crippen LogP contribution in [-0.4, -0.2) is 36.9 Å². The molecule has 2 aromatic carbocycles. The second-order valence-electron chi connectivity index (χ2n) is 5.98. The number of rotatable bonds is 5. The number of anilines is 1. The second-order valence-corrected chi connectivity index (χ2v) is 5.98. The van der Waals surface area contributed by atoms with Crippen LogP contribution in [0.4, 0.5) is 11.4 Å². The van der Waals surface area contributed by atoms with E-state index < -0.39 is 4.92 Å². The Hall–Kier alpha value is -2.89. The first kappa shape index (κ1) is 17.5. The van der Waals surface area contributed by atoms with Crippen LogP contribution in [-0.2, 0) is 6.54 Å².